The van der Waals surface area contributed by atoms with E-state index in [9.17, 15) is 4.79 Å². The molecular weight excluding hydrogens is 240 g/mol. The van der Waals surface area contributed by atoms with Crippen LogP contribution in [-0.4, -0.2) is 31.8 Å². The third kappa shape index (κ3) is 4.10. The number of urea groups is 1. The number of ether oxygens (including phenoxy) is 1. The van der Waals surface area contributed by atoms with E-state index in [1.165, 1.54) is 6.42 Å². The Morgan fingerprint density at radius 2 is 1.79 bits per heavy atom. The predicted octanol–water partition coefficient (Wildman–Crippen LogP) is 2.39. The first-order valence-corrected chi connectivity index (χ1v) is 7.51. The van der Waals surface area contributed by atoms with Crippen LogP contribution >= 0.6 is 0 Å². The van der Waals surface area contributed by atoms with Crippen molar-refractivity contribution in [2.45, 2.75) is 46.6 Å². The van der Waals surface area contributed by atoms with Gasteiger partial charge >= 0.3 is 6.03 Å². The van der Waals surface area contributed by atoms with Crippen LogP contribution in [0.4, 0.5) is 4.79 Å². The number of hydrogen-bond donors (Lipinski definition) is 2. The van der Waals surface area contributed by atoms with Gasteiger partial charge in [0.05, 0.1) is 6.10 Å². The van der Waals surface area contributed by atoms with Crippen molar-refractivity contribution < 1.29 is 9.53 Å². The van der Waals surface area contributed by atoms with Crippen LogP contribution in [0.25, 0.3) is 0 Å². The maximum absolute atomic E-state index is 11.7. The summed E-state index contributed by atoms with van der Waals surface area (Å²) >= 11 is 0. The highest BCUT2D eigenvalue weighted by molar-refractivity contribution is 5.73. The van der Waals surface area contributed by atoms with Gasteiger partial charge in [-0.05, 0) is 30.1 Å². The molecule has 0 spiro atoms. The molecule has 2 N–H and O–H groups in total. The number of nitrogens with one attached hydrogen (secondary N) is 2. The van der Waals surface area contributed by atoms with Crippen LogP contribution in [0.5, 0.6) is 0 Å². The van der Waals surface area contributed by atoms with Crippen molar-refractivity contribution in [2.75, 3.05) is 19.7 Å². The second-order valence-electron chi connectivity index (χ2n) is 7.27. The number of carbonyl (C=O) groups is 1. The highest BCUT2D eigenvalue weighted by Crippen LogP contribution is 2.36. The summed E-state index contributed by atoms with van der Waals surface area (Å²) in [7, 11) is 0. The Morgan fingerprint density at radius 3 is 2.32 bits per heavy atom. The molecule has 4 heteroatoms. The van der Waals surface area contributed by atoms with Crippen molar-refractivity contribution in [3.05, 3.63) is 0 Å². The molecule has 1 heterocycles. The molecule has 2 aliphatic rings. The third-order valence-corrected chi connectivity index (χ3v) is 4.39. The number of hydrogen-bond acceptors (Lipinski definition) is 2. The van der Waals surface area contributed by atoms with Crippen molar-refractivity contribution >= 4 is 6.03 Å². The van der Waals surface area contributed by atoms with Crippen LogP contribution in [0.3, 0.4) is 0 Å². The first-order chi connectivity index (χ1) is 8.88. The lowest BCUT2D eigenvalue weighted by Gasteiger charge is -2.31. The van der Waals surface area contributed by atoms with Crippen molar-refractivity contribution in [3.63, 3.8) is 0 Å². The Balaban J connectivity index is 1.67. The summed E-state index contributed by atoms with van der Waals surface area (Å²) in [5.74, 6) is 1.92. The van der Waals surface area contributed by atoms with E-state index in [2.05, 4.69) is 38.3 Å². The number of amides is 2. The maximum atomic E-state index is 11.7. The fourth-order valence-electron chi connectivity index (χ4n) is 2.99. The molecule has 1 aliphatic heterocycles. The minimum absolute atomic E-state index is 0.0290. The van der Waals surface area contributed by atoms with Crippen molar-refractivity contribution in [1.82, 2.24) is 10.6 Å². The first kappa shape index (κ1) is 14.6. The van der Waals surface area contributed by atoms with E-state index in [1.54, 1.807) is 0 Å². The normalized spacial score (nSPS) is 34.1. The molecule has 4 atom stereocenters. The molecule has 19 heavy (non-hydrogen) atoms. The molecule has 0 aromatic carbocycles. The van der Waals surface area contributed by atoms with Crippen LogP contribution in [-0.2, 0) is 4.74 Å². The van der Waals surface area contributed by atoms with E-state index in [0.717, 1.165) is 25.5 Å². The Hall–Kier alpha value is -0.770. The smallest absolute Gasteiger partial charge is 0.314 e. The largest absolute Gasteiger partial charge is 0.377 e. The summed E-state index contributed by atoms with van der Waals surface area (Å²) in [6.45, 7) is 11.2. The average molecular weight is 268 g/mol. The molecular formula is C15H28N2O2. The van der Waals surface area contributed by atoms with E-state index < -0.39 is 0 Å². The highest BCUT2D eigenvalue weighted by Gasteiger charge is 2.37. The first-order valence-electron chi connectivity index (χ1n) is 7.51. The van der Waals surface area contributed by atoms with Crippen molar-refractivity contribution in [1.29, 1.82) is 0 Å². The summed E-state index contributed by atoms with van der Waals surface area (Å²) in [5.41, 5.74) is 0.142. The molecule has 2 rings (SSSR count). The molecule has 4 nitrogen and oxygen atoms in total. The Labute approximate surface area is 116 Å². The number of rotatable bonds is 4. The molecule has 2 fully saturated rings. The molecule has 1 aliphatic carbocycles. The van der Waals surface area contributed by atoms with Gasteiger partial charge in [0.25, 0.3) is 0 Å². The van der Waals surface area contributed by atoms with Crippen LogP contribution in [0.15, 0.2) is 0 Å². The molecule has 0 aromatic heterocycles. The fourth-order valence-corrected chi connectivity index (χ4v) is 2.99. The van der Waals surface area contributed by atoms with Gasteiger partial charge in [0.2, 0.25) is 0 Å². The summed E-state index contributed by atoms with van der Waals surface area (Å²) in [6.07, 6.45) is 2.54. The summed E-state index contributed by atoms with van der Waals surface area (Å²) in [4.78, 5) is 11.7. The van der Waals surface area contributed by atoms with Crippen LogP contribution in [0.2, 0.25) is 0 Å². The molecule has 110 valence electrons. The number of carbonyl (C=O) groups excluding carboxylic acids is 1. The van der Waals surface area contributed by atoms with E-state index in [-0.39, 0.29) is 17.6 Å². The standard InChI is InChI=1S/C15H28N2O2/c1-10-7-12(10)9-17-14(18)16-8-11-5-6-19-13(11)15(2,3)4/h10-13H,5-9H2,1-4H3,(H2,16,17,18)/t10-,11-,12-,13+/m1/s1. The van der Waals surface area contributed by atoms with E-state index >= 15 is 0 Å². The Bertz CT molecular complexity index is 325. The van der Waals surface area contributed by atoms with Gasteiger partial charge in [-0.15, -0.1) is 0 Å². The van der Waals surface area contributed by atoms with Gasteiger partial charge < -0.3 is 15.4 Å². The van der Waals surface area contributed by atoms with E-state index in [4.69, 9.17) is 4.74 Å². The van der Waals surface area contributed by atoms with Gasteiger partial charge in [-0.25, -0.2) is 4.79 Å². The highest BCUT2D eigenvalue weighted by atomic mass is 16.5. The van der Waals surface area contributed by atoms with E-state index in [0.29, 0.717) is 18.4 Å². The van der Waals surface area contributed by atoms with Crippen LogP contribution < -0.4 is 10.6 Å². The van der Waals surface area contributed by atoms with Crippen molar-refractivity contribution in [2.24, 2.45) is 23.2 Å². The molecule has 2 amide bonds. The van der Waals surface area contributed by atoms with Crippen molar-refractivity contribution in [3.8, 4) is 0 Å². The zero-order valence-electron chi connectivity index (χ0n) is 12.7. The van der Waals surface area contributed by atoms with Gasteiger partial charge in [0.1, 0.15) is 0 Å². The third-order valence-electron chi connectivity index (χ3n) is 4.39. The second kappa shape index (κ2) is 5.70. The monoisotopic (exact) mass is 268 g/mol. The minimum atomic E-state index is -0.0290. The SMILES string of the molecule is C[C@@H]1C[C@@H]1CNC(=O)NC[C@H]1CCO[C@@H]1C(C)(C)C. The fraction of sp³-hybridized carbons (Fsp3) is 0.933. The zero-order chi connectivity index (χ0) is 14.0. The molecule has 0 unspecified atom stereocenters. The molecule has 0 bridgehead atoms. The molecule has 1 saturated carbocycles. The van der Waals surface area contributed by atoms with Gasteiger partial charge in [-0.3, -0.25) is 0 Å². The second-order valence-corrected chi connectivity index (χ2v) is 7.27. The quantitative estimate of drug-likeness (QED) is 0.822. The lowest BCUT2D eigenvalue weighted by molar-refractivity contribution is 0.00775. The van der Waals surface area contributed by atoms with Gasteiger partial charge in [0, 0.05) is 25.6 Å². The summed E-state index contributed by atoms with van der Waals surface area (Å²) < 4.78 is 5.81. The molecule has 0 radical (unpaired) electrons. The Morgan fingerprint density at radius 1 is 1.21 bits per heavy atom. The van der Waals surface area contributed by atoms with Gasteiger partial charge in [-0.1, -0.05) is 27.7 Å². The maximum Gasteiger partial charge on any atom is 0.314 e. The lowest BCUT2D eigenvalue weighted by atomic mass is 9.81. The average Bonchev–Trinajstić information content (AvgIpc) is 2.83. The van der Waals surface area contributed by atoms with E-state index in [1.807, 2.05) is 0 Å². The topological polar surface area (TPSA) is 50.4 Å². The zero-order valence-corrected chi connectivity index (χ0v) is 12.7. The predicted molar refractivity (Wildman–Crippen MR) is 76.0 cm³/mol. The Kier molecular flexibility index (Phi) is 4.39. The van der Waals surface area contributed by atoms with Gasteiger partial charge in [0.15, 0.2) is 0 Å². The molecule has 0 aromatic rings. The van der Waals surface area contributed by atoms with Gasteiger partial charge in [-0.2, -0.15) is 0 Å². The summed E-state index contributed by atoms with van der Waals surface area (Å²) in [6, 6.07) is -0.0290. The minimum Gasteiger partial charge on any atom is -0.377 e. The molecule has 1 saturated heterocycles. The lowest BCUT2D eigenvalue weighted by Crippen LogP contribution is -2.43. The van der Waals surface area contributed by atoms with Crippen LogP contribution in [0, 0.1) is 23.2 Å². The summed E-state index contributed by atoms with van der Waals surface area (Å²) in [5, 5.41) is 5.96. The van der Waals surface area contributed by atoms with Crippen LogP contribution in [0.1, 0.15) is 40.5 Å².